The Kier molecular flexibility index (Phi) is 2.30. The summed E-state index contributed by atoms with van der Waals surface area (Å²) in [5, 5.41) is 0. The molecule has 0 aliphatic rings. The Hall–Kier alpha value is 1.97. The summed E-state index contributed by atoms with van der Waals surface area (Å²) in [4.78, 5) is 0. The summed E-state index contributed by atoms with van der Waals surface area (Å²) in [6.45, 7) is 0. The van der Waals surface area contributed by atoms with Crippen LogP contribution in [0.25, 0.3) is 0 Å². The van der Waals surface area contributed by atoms with Crippen LogP contribution in [0.2, 0.25) is 0 Å². The summed E-state index contributed by atoms with van der Waals surface area (Å²) in [6.07, 6.45) is 0. The Morgan fingerprint density at radius 3 is 0.667 bits per heavy atom. The molecule has 0 atom stereocenters. The van der Waals surface area contributed by atoms with Crippen LogP contribution in [-0.4, -0.2) is 0 Å². The second kappa shape index (κ2) is 1.73. The van der Waals surface area contributed by atoms with Gasteiger partial charge >= 0.3 is 57.7 Å². The molecule has 0 spiro atoms. The Balaban J connectivity index is 3.73. The van der Waals surface area contributed by atoms with Crippen molar-refractivity contribution in [2.24, 2.45) is 0 Å². The molecule has 0 rings (SSSR count). The van der Waals surface area contributed by atoms with Gasteiger partial charge in [0.25, 0.3) is 0 Å². The molecular weight excluding hydrogens is 241 g/mol. The quantitative estimate of drug-likeness (QED) is 0.569. The molecule has 0 unspecified atom stereocenters. The molecule has 6 heavy (non-hydrogen) atoms. The SMILES string of the molecule is [Cl][Cu]([Cl])([Cl])([Cl])[Cl]. The first-order valence-corrected chi connectivity index (χ1v) is 7.05. The van der Waals surface area contributed by atoms with Crippen LogP contribution >= 0.6 is 50.5 Å². The number of rotatable bonds is 0. The van der Waals surface area contributed by atoms with Crippen molar-refractivity contribution in [3.05, 3.63) is 0 Å². The molecule has 0 aliphatic heterocycles. The summed E-state index contributed by atoms with van der Waals surface area (Å²) < 4.78 is 0. The van der Waals surface area contributed by atoms with Gasteiger partial charge in [-0.3, -0.25) is 0 Å². The molecule has 0 N–H and O–H groups in total. The van der Waals surface area contributed by atoms with E-state index < -0.39 is 7.23 Å². The Bertz CT molecular complexity index is 37.1. The number of hydrogen-bond acceptors (Lipinski definition) is 0. The van der Waals surface area contributed by atoms with E-state index in [-0.39, 0.29) is 0 Å². The van der Waals surface area contributed by atoms with Gasteiger partial charge < -0.3 is 0 Å². The van der Waals surface area contributed by atoms with E-state index in [0.29, 0.717) is 0 Å². The fraction of sp³-hybridized carbons (Fsp3) is 0. The van der Waals surface area contributed by atoms with Crippen LogP contribution in [0.3, 0.4) is 0 Å². The molecule has 0 aromatic heterocycles. The van der Waals surface area contributed by atoms with Gasteiger partial charge in [0.1, 0.15) is 0 Å². The normalized spacial score (nSPS) is 19.2. The van der Waals surface area contributed by atoms with E-state index in [1.807, 2.05) is 0 Å². The molecule has 0 amide bonds. The van der Waals surface area contributed by atoms with Gasteiger partial charge in [-0.05, 0) is 0 Å². The van der Waals surface area contributed by atoms with Crippen molar-refractivity contribution in [1.82, 2.24) is 0 Å². The predicted octanol–water partition coefficient (Wildman–Crippen LogP) is 3.44. The Morgan fingerprint density at radius 2 is 0.667 bits per heavy atom. The van der Waals surface area contributed by atoms with Crippen LogP contribution in [-0.2, 0) is 7.23 Å². The van der Waals surface area contributed by atoms with Crippen molar-refractivity contribution in [3.8, 4) is 0 Å². The molecule has 46 valence electrons. The van der Waals surface area contributed by atoms with E-state index in [4.69, 9.17) is 50.5 Å². The van der Waals surface area contributed by atoms with Gasteiger partial charge in [0, 0.05) is 0 Å². The number of hydrogen-bond donors (Lipinski definition) is 0. The molecule has 0 heterocycles. The van der Waals surface area contributed by atoms with Gasteiger partial charge in [0.15, 0.2) is 0 Å². The van der Waals surface area contributed by atoms with Gasteiger partial charge in [0.05, 0.1) is 0 Å². The standard InChI is InChI=1S/5ClH.Cu/h5*1H;/q;;;;;+5/p-5. The predicted molar refractivity (Wildman–Crippen MR) is 29.3 cm³/mol. The summed E-state index contributed by atoms with van der Waals surface area (Å²) in [5.74, 6) is 0. The topological polar surface area (TPSA) is 0 Å². The molecule has 6 heteroatoms. The summed E-state index contributed by atoms with van der Waals surface area (Å²) in [7, 11) is 21.3. The molecule has 0 nitrogen and oxygen atoms in total. The maximum atomic E-state index is 4.95. The second-order valence-corrected chi connectivity index (χ2v) is 16.0. The molecule has 0 saturated heterocycles. The molecule has 0 bridgehead atoms. The second-order valence-electron chi connectivity index (χ2n) is 0.431. The van der Waals surface area contributed by atoms with Crippen LogP contribution in [0.5, 0.6) is 0 Å². The Labute approximate surface area is 57.3 Å². The first-order valence-electron chi connectivity index (χ1n) is 0.570. The minimum atomic E-state index is -3.45. The van der Waals surface area contributed by atoms with Crippen LogP contribution in [0, 0.1) is 0 Å². The third kappa shape index (κ3) is 38.0. The number of halogens is 5. The molecular formula is Cl5Cu. The average Bonchev–Trinajstić information content (AvgIpc) is 0.650. The Morgan fingerprint density at radius 1 is 0.667 bits per heavy atom. The maximum absolute atomic E-state index is 4.95. The fourth-order valence-corrected chi connectivity index (χ4v) is 0. The molecule has 0 radical (unpaired) electrons. The van der Waals surface area contributed by atoms with E-state index in [2.05, 4.69) is 0 Å². The van der Waals surface area contributed by atoms with Crippen molar-refractivity contribution < 1.29 is 7.23 Å². The molecule has 0 aliphatic carbocycles. The molecule has 0 fully saturated rings. The van der Waals surface area contributed by atoms with E-state index in [9.17, 15) is 0 Å². The van der Waals surface area contributed by atoms with E-state index in [0.717, 1.165) is 0 Å². The van der Waals surface area contributed by atoms with Crippen molar-refractivity contribution in [2.75, 3.05) is 0 Å². The molecule has 0 aromatic carbocycles. The molecule has 0 aromatic rings. The van der Waals surface area contributed by atoms with Crippen molar-refractivity contribution in [3.63, 3.8) is 0 Å². The molecule has 0 saturated carbocycles. The summed E-state index contributed by atoms with van der Waals surface area (Å²) in [5.41, 5.74) is 0. The zero-order valence-electron chi connectivity index (χ0n) is 2.19. The van der Waals surface area contributed by atoms with Crippen LogP contribution < -0.4 is 0 Å². The van der Waals surface area contributed by atoms with E-state index in [1.165, 1.54) is 0 Å². The van der Waals surface area contributed by atoms with Gasteiger partial charge in [-0.15, -0.1) is 0 Å². The first-order chi connectivity index (χ1) is 2.24. The van der Waals surface area contributed by atoms with Gasteiger partial charge in [-0.1, -0.05) is 0 Å². The first kappa shape index (κ1) is 7.97. The zero-order chi connectivity index (χ0) is 5.45. The van der Waals surface area contributed by atoms with Crippen molar-refractivity contribution >= 4 is 50.5 Å². The zero-order valence-corrected chi connectivity index (χ0v) is 6.91. The third-order valence-electron chi connectivity index (χ3n) is 0. The van der Waals surface area contributed by atoms with E-state index >= 15 is 0 Å². The summed E-state index contributed by atoms with van der Waals surface area (Å²) >= 11 is 0. The monoisotopic (exact) mass is 238 g/mol. The third-order valence-corrected chi connectivity index (χ3v) is 0. The summed E-state index contributed by atoms with van der Waals surface area (Å²) in [6, 6.07) is 0. The van der Waals surface area contributed by atoms with E-state index in [1.54, 1.807) is 0 Å². The van der Waals surface area contributed by atoms with Gasteiger partial charge in [-0.25, -0.2) is 0 Å². The average molecular weight is 241 g/mol. The van der Waals surface area contributed by atoms with Crippen molar-refractivity contribution in [1.29, 1.82) is 0 Å². The van der Waals surface area contributed by atoms with Gasteiger partial charge in [-0.2, -0.15) is 0 Å². The van der Waals surface area contributed by atoms with Crippen LogP contribution in [0.1, 0.15) is 0 Å². The minimum absolute atomic E-state index is 3.45. The van der Waals surface area contributed by atoms with Crippen molar-refractivity contribution in [2.45, 2.75) is 0 Å². The van der Waals surface area contributed by atoms with Crippen LogP contribution in [0.4, 0.5) is 0 Å². The van der Waals surface area contributed by atoms with Gasteiger partial charge in [0.2, 0.25) is 0 Å². The fourth-order valence-electron chi connectivity index (χ4n) is 0. The van der Waals surface area contributed by atoms with Crippen LogP contribution in [0.15, 0.2) is 0 Å².